The number of nitrogens with one attached hydrogen (secondary N) is 1. The summed E-state index contributed by atoms with van der Waals surface area (Å²) in [6.07, 6.45) is -0.939. The van der Waals surface area contributed by atoms with Gasteiger partial charge in [0.1, 0.15) is 0 Å². The van der Waals surface area contributed by atoms with Gasteiger partial charge < -0.3 is 20.5 Å². The van der Waals surface area contributed by atoms with Crippen LogP contribution in [0.4, 0.5) is 4.79 Å². The lowest BCUT2D eigenvalue weighted by Gasteiger charge is -2.08. The Bertz CT molecular complexity index is 417. The average Bonchev–Trinajstić information content (AvgIpc) is 2.27. The van der Waals surface area contributed by atoms with E-state index in [0.29, 0.717) is 5.56 Å². The minimum Gasteiger partial charge on any atom is -0.493 e. The van der Waals surface area contributed by atoms with Gasteiger partial charge in [0.15, 0.2) is 11.5 Å². The number of hydrogen-bond acceptors (Lipinski definition) is 4. The first-order valence-corrected chi connectivity index (χ1v) is 4.46. The monoisotopic (exact) mass is 224 g/mol. The van der Waals surface area contributed by atoms with Crippen LogP contribution in [0.2, 0.25) is 0 Å². The van der Waals surface area contributed by atoms with E-state index < -0.39 is 6.09 Å². The van der Waals surface area contributed by atoms with Gasteiger partial charge in [0.2, 0.25) is 0 Å². The lowest BCUT2D eigenvalue weighted by atomic mass is 10.2. The molecule has 1 aromatic carbocycles. The van der Waals surface area contributed by atoms with E-state index in [0.717, 1.165) is 0 Å². The maximum absolute atomic E-state index is 11.3. The van der Waals surface area contributed by atoms with Crippen LogP contribution in [0, 0.1) is 0 Å². The minimum absolute atomic E-state index is 0.169. The normalized spacial score (nSPS) is 9.38. The Morgan fingerprint density at radius 2 is 2.00 bits per heavy atom. The molecule has 0 saturated heterocycles. The van der Waals surface area contributed by atoms with Gasteiger partial charge in [0.25, 0.3) is 5.91 Å². The molecule has 6 heteroatoms. The van der Waals surface area contributed by atoms with Crippen molar-refractivity contribution in [3.63, 3.8) is 0 Å². The smallest absolute Gasteiger partial charge is 0.410 e. The highest BCUT2D eigenvalue weighted by atomic mass is 16.6. The zero-order valence-corrected chi connectivity index (χ0v) is 8.94. The van der Waals surface area contributed by atoms with Crippen LogP contribution in [-0.2, 0) is 0 Å². The summed E-state index contributed by atoms with van der Waals surface area (Å²) < 4.78 is 9.66. The van der Waals surface area contributed by atoms with Crippen LogP contribution in [0.15, 0.2) is 18.2 Å². The third-order valence-corrected chi connectivity index (χ3v) is 1.86. The lowest BCUT2D eigenvalue weighted by Crippen LogP contribution is -2.19. The molecule has 0 aliphatic carbocycles. The summed E-state index contributed by atoms with van der Waals surface area (Å²) in [5, 5.41) is 2.47. The van der Waals surface area contributed by atoms with Gasteiger partial charge in [0.05, 0.1) is 7.11 Å². The summed E-state index contributed by atoms with van der Waals surface area (Å²) >= 11 is 0. The molecule has 16 heavy (non-hydrogen) atoms. The van der Waals surface area contributed by atoms with Crippen molar-refractivity contribution in [2.75, 3.05) is 14.2 Å². The van der Waals surface area contributed by atoms with Crippen molar-refractivity contribution >= 4 is 12.0 Å². The van der Waals surface area contributed by atoms with Gasteiger partial charge in [-0.3, -0.25) is 4.79 Å². The van der Waals surface area contributed by atoms with Crippen LogP contribution < -0.4 is 20.5 Å². The average molecular weight is 224 g/mol. The number of carbonyl (C=O) groups is 2. The first kappa shape index (κ1) is 11.8. The van der Waals surface area contributed by atoms with Gasteiger partial charge in [-0.1, -0.05) is 0 Å². The molecule has 3 N–H and O–H groups in total. The first-order chi connectivity index (χ1) is 7.58. The number of benzene rings is 1. The van der Waals surface area contributed by atoms with E-state index in [2.05, 4.69) is 10.1 Å². The highest BCUT2D eigenvalue weighted by molar-refractivity contribution is 5.94. The molecule has 0 fully saturated rings. The van der Waals surface area contributed by atoms with Crippen LogP contribution in [0.25, 0.3) is 0 Å². The van der Waals surface area contributed by atoms with Gasteiger partial charge >= 0.3 is 6.09 Å². The zero-order chi connectivity index (χ0) is 12.1. The quantitative estimate of drug-likeness (QED) is 0.782. The van der Waals surface area contributed by atoms with Crippen LogP contribution in [0.1, 0.15) is 10.4 Å². The molecule has 0 radical (unpaired) electrons. The van der Waals surface area contributed by atoms with E-state index in [1.54, 1.807) is 0 Å². The summed E-state index contributed by atoms with van der Waals surface area (Å²) in [5.74, 6) is 0.173. The van der Waals surface area contributed by atoms with E-state index in [1.807, 2.05) is 0 Å². The van der Waals surface area contributed by atoms with Crippen molar-refractivity contribution in [2.45, 2.75) is 0 Å². The first-order valence-electron chi connectivity index (χ1n) is 4.46. The molecule has 0 bridgehead atoms. The molecule has 2 amide bonds. The lowest BCUT2D eigenvalue weighted by molar-refractivity contribution is 0.0962. The summed E-state index contributed by atoms with van der Waals surface area (Å²) in [4.78, 5) is 21.9. The maximum Gasteiger partial charge on any atom is 0.410 e. The molecule has 0 saturated carbocycles. The van der Waals surface area contributed by atoms with Gasteiger partial charge in [0, 0.05) is 12.6 Å². The van der Waals surface area contributed by atoms with Crippen molar-refractivity contribution in [1.82, 2.24) is 5.32 Å². The number of amides is 2. The fourth-order valence-corrected chi connectivity index (χ4v) is 1.15. The Morgan fingerprint density at radius 3 is 2.50 bits per heavy atom. The minimum atomic E-state index is -0.939. The van der Waals surface area contributed by atoms with Gasteiger partial charge in [-0.05, 0) is 18.2 Å². The molecular formula is C10H12N2O4. The summed E-state index contributed by atoms with van der Waals surface area (Å²) in [5.41, 5.74) is 5.28. The number of ether oxygens (including phenoxy) is 2. The molecule has 0 spiro atoms. The molecule has 6 nitrogen and oxygen atoms in total. The van der Waals surface area contributed by atoms with Crippen LogP contribution in [0.3, 0.4) is 0 Å². The number of carbonyl (C=O) groups excluding carboxylic acids is 2. The van der Waals surface area contributed by atoms with E-state index >= 15 is 0 Å². The van der Waals surface area contributed by atoms with Crippen molar-refractivity contribution in [3.05, 3.63) is 23.8 Å². The molecule has 0 unspecified atom stereocenters. The topological polar surface area (TPSA) is 90.6 Å². The highest BCUT2D eigenvalue weighted by Crippen LogP contribution is 2.27. The molecule has 0 aliphatic rings. The summed E-state index contributed by atoms with van der Waals surface area (Å²) in [6.45, 7) is 0. The standard InChI is InChI=1S/C10H12N2O4/c1-12-9(13)6-3-4-7(16-10(11)14)8(5-6)15-2/h3-5H,1-2H3,(H2,11,14)(H,12,13). The summed E-state index contributed by atoms with van der Waals surface area (Å²) in [6, 6.07) is 4.39. The molecule has 0 heterocycles. The van der Waals surface area contributed by atoms with Crippen LogP contribution >= 0.6 is 0 Å². The van der Waals surface area contributed by atoms with Crippen molar-refractivity contribution in [1.29, 1.82) is 0 Å². The van der Waals surface area contributed by atoms with Crippen LogP contribution in [0.5, 0.6) is 11.5 Å². The fourth-order valence-electron chi connectivity index (χ4n) is 1.15. The molecule has 0 atom stereocenters. The maximum atomic E-state index is 11.3. The number of rotatable bonds is 3. The predicted octanol–water partition coefficient (Wildman–Crippen LogP) is 0.512. The third kappa shape index (κ3) is 2.63. The van der Waals surface area contributed by atoms with E-state index in [-0.39, 0.29) is 17.4 Å². The highest BCUT2D eigenvalue weighted by Gasteiger charge is 2.11. The van der Waals surface area contributed by atoms with Crippen molar-refractivity contribution in [3.8, 4) is 11.5 Å². The SMILES string of the molecule is CNC(=O)c1ccc(OC(N)=O)c(OC)c1. The Labute approximate surface area is 92.3 Å². The Morgan fingerprint density at radius 1 is 1.31 bits per heavy atom. The number of nitrogens with two attached hydrogens (primary N) is 1. The second-order valence-electron chi connectivity index (χ2n) is 2.87. The molecule has 1 aromatic rings. The van der Waals surface area contributed by atoms with Crippen molar-refractivity contribution in [2.24, 2.45) is 5.73 Å². The summed E-state index contributed by atoms with van der Waals surface area (Å²) in [7, 11) is 2.92. The van der Waals surface area contributed by atoms with Crippen molar-refractivity contribution < 1.29 is 19.1 Å². The largest absolute Gasteiger partial charge is 0.493 e. The third-order valence-electron chi connectivity index (χ3n) is 1.86. The zero-order valence-electron chi connectivity index (χ0n) is 8.94. The second kappa shape index (κ2) is 5.01. The predicted molar refractivity (Wildman–Crippen MR) is 56.6 cm³/mol. The molecule has 0 aliphatic heterocycles. The number of hydrogen-bond donors (Lipinski definition) is 2. The number of primary amides is 1. The van der Waals surface area contributed by atoms with Crippen LogP contribution in [-0.4, -0.2) is 26.2 Å². The Balaban J connectivity index is 3.06. The van der Waals surface area contributed by atoms with Gasteiger partial charge in [-0.25, -0.2) is 4.79 Å². The molecular weight excluding hydrogens is 212 g/mol. The van der Waals surface area contributed by atoms with E-state index in [1.165, 1.54) is 32.4 Å². The molecule has 1 rings (SSSR count). The Kier molecular flexibility index (Phi) is 3.71. The van der Waals surface area contributed by atoms with E-state index in [9.17, 15) is 9.59 Å². The second-order valence-corrected chi connectivity index (χ2v) is 2.87. The fraction of sp³-hybridized carbons (Fsp3) is 0.200. The van der Waals surface area contributed by atoms with E-state index in [4.69, 9.17) is 10.5 Å². The molecule has 86 valence electrons. The van der Waals surface area contributed by atoms with Gasteiger partial charge in [-0.15, -0.1) is 0 Å². The Hall–Kier alpha value is -2.24. The van der Waals surface area contributed by atoms with Gasteiger partial charge in [-0.2, -0.15) is 0 Å². The number of methoxy groups -OCH3 is 1. The molecule has 0 aromatic heterocycles.